The Labute approximate surface area is 103 Å². The van der Waals surface area contributed by atoms with E-state index in [-0.39, 0.29) is 11.9 Å². The Hall–Kier alpha value is -1.03. The summed E-state index contributed by atoms with van der Waals surface area (Å²) in [5.74, 6) is 0.338. The Morgan fingerprint density at radius 3 is 2.62 bits per heavy atom. The van der Waals surface area contributed by atoms with Crippen LogP contribution in [0, 0.1) is 0 Å². The molecule has 1 heterocycles. The van der Waals surface area contributed by atoms with E-state index in [1.54, 1.807) is 7.11 Å². The Bertz CT molecular complexity index is 440. The molecule has 0 aromatic heterocycles. The first-order valence-corrected chi connectivity index (χ1v) is 5.81. The molecule has 3 nitrogen and oxygen atoms in total. The van der Waals surface area contributed by atoms with Gasteiger partial charge < -0.3 is 9.47 Å². The number of halogens is 1. The molecule has 1 aliphatic heterocycles. The van der Waals surface area contributed by atoms with Crippen LogP contribution in [0.1, 0.15) is 25.3 Å². The Morgan fingerprint density at radius 1 is 1.44 bits per heavy atom. The largest absolute Gasteiger partial charge is 0.497 e. The Kier molecular flexibility index (Phi) is 2.70. The van der Waals surface area contributed by atoms with Gasteiger partial charge >= 0.3 is 5.97 Å². The number of hydrogen-bond acceptors (Lipinski definition) is 3. The third-order valence-corrected chi connectivity index (χ3v) is 3.53. The molecule has 0 radical (unpaired) electrons. The Balaban J connectivity index is 2.43. The van der Waals surface area contributed by atoms with Crippen molar-refractivity contribution in [3.63, 3.8) is 0 Å². The standard InChI is InChI=1S/C12H13BrO3/c1-12(2)10(11(14)16-12)8-6-7(15-3)4-5-9(8)13/h4-6,10H,1-3H3/t10-/m0/s1. The van der Waals surface area contributed by atoms with Gasteiger partial charge in [-0.3, -0.25) is 4.79 Å². The van der Waals surface area contributed by atoms with Crippen molar-refractivity contribution in [1.82, 2.24) is 0 Å². The molecule has 1 aliphatic rings. The molecule has 86 valence electrons. The number of ether oxygens (including phenoxy) is 2. The summed E-state index contributed by atoms with van der Waals surface area (Å²) >= 11 is 3.45. The van der Waals surface area contributed by atoms with E-state index in [9.17, 15) is 4.79 Å². The molecular weight excluding hydrogens is 272 g/mol. The highest BCUT2D eigenvalue weighted by atomic mass is 79.9. The van der Waals surface area contributed by atoms with E-state index >= 15 is 0 Å². The fourth-order valence-corrected chi connectivity index (χ4v) is 2.45. The number of benzene rings is 1. The second kappa shape index (κ2) is 3.77. The lowest BCUT2D eigenvalue weighted by atomic mass is 9.80. The molecule has 16 heavy (non-hydrogen) atoms. The highest BCUT2D eigenvalue weighted by Gasteiger charge is 2.51. The first kappa shape index (κ1) is 11.5. The number of esters is 1. The molecule has 2 rings (SSSR count). The average molecular weight is 285 g/mol. The second-order valence-corrected chi connectivity index (χ2v) is 5.20. The molecule has 0 bridgehead atoms. The van der Waals surface area contributed by atoms with Crippen molar-refractivity contribution in [1.29, 1.82) is 0 Å². The van der Waals surface area contributed by atoms with Crippen LogP contribution in [0.5, 0.6) is 5.75 Å². The van der Waals surface area contributed by atoms with Crippen LogP contribution in [-0.2, 0) is 9.53 Å². The van der Waals surface area contributed by atoms with Gasteiger partial charge in [0.1, 0.15) is 17.3 Å². The second-order valence-electron chi connectivity index (χ2n) is 4.35. The van der Waals surface area contributed by atoms with Crippen LogP contribution in [-0.4, -0.2) is 18.7 Å². The van der Waals surface area contributed by atoms with E-state index in [1.165, 1.54) is 0 Å². The van der Waals surface area contributed by atoms with E-state index in [0.29, 0.717) is 0 Å². The number of rotatable bonds is 2. The zero-order chi connectivity index (χ0) is 11.9. The van der Waals surface area contributed by atoms with Gasteiger partial charge in [-0.05, 0) is 37.6 Å². The molecule has 0 saturated carbocycles. The molecule has 4 heteroatoms. The normalized spacial score (nSPS) is 22.2. The van der Waals surface area contributed by atoms with Crippen LogP contribution in [0.15, 0.2) is 22.7 Å². The van der Waals surface area contributed by atoms with Crippen molar-refractivity contribution >= 4 is 21.9 Å². The highest BCUT2D eigenvalue weighted by Crippen LogP contribution is 2.44. The molecule has 1 fully saturated rings. The number of carbonyl (C=O) groups is 1. The summed E-state index contributed by atoms with van der Waals surface area (Å²) in [6, 6.07) is 5.61. The van der Waals surface area contributed by atoms with Crippen LogP contribution in [0.2, 0.25) is 0 Å². The summed E-state index contributed by atoms with van der Waals surface area (Å²) in [6.07, 6.45) is 0. The zero-order valence-corrected chi connectivity index (χ0v) is 11.0. The van der Waals surface area contributed by atoms with Crippen LogP contribution in [0.3, 0.4) is 0 Å². The van der Waals surface area contributed by atoms with Gasteiger partial charge in [0.15, 0.2) is 0 Å². The van der Waals surface area contributed by atoms with Gasteiger partial charge in [-0.15, -0.1) is 0 Å². The summed E-state index contributed by atoms with van der Waals surface area (Å²) in [4.78, 5) is 11.5. The minimum Gasteiger partial charge on any atom is -0.497 e. The van der Waals surface area contributed by atoms with Crippen LogP contribution < -0.4 is 4.74 Å². The summed E-state index contributed by atoms with van der Waals surface area (Å²) in [7, 11) is 1.61. The number of carbonyl (C=O) groups excluding carboxylic acids is 1. The summed E-state index contributed by atoms with van der Waals surface area (Å²) in [5, 5.41) is 0. The highest BCUT2D eigenvalue weighted by molar-refractivity contribution is 9.10. The van der Waals surface area contributed by atoms with Gasteiger partial charge in [-0.2, -0.15) is 0 Å². The third-order valence-electron chi connectivity index (χ3n) is 2.81. The predicted molar refractivity (Wildman–Crippen MR) is 63.6 cm³/mol. The first-order chi connectivity index (χ1) is 7.45. The third kappa shape index (κ3) is 1.71. The van der Waals surface area contributed by atoms with E-state index in [2.05, 4.69) is 15.9 Å². The van der Waals surface area contributed by atoms with E-state index in [1.807, 2.05) is 32.0 Å². The number of hydrogen-bond donors (Lipinski definition) is 0. The van der Waals surface area contributed by atoms with Crippen molar-refractivity contribution in [3.05, 3.63) is 28.2 Å². The van der Waals surface area contributed by atoms with E-state index < -0.39 is 5.60 Å². The van der Waals surface area contributed by atoms with Gasteiger partial charge in [-0.25, -0.2) is 0 Å². The topological polar surface area (TPSA) is 35.5 Å². The summed E-state index contributed by atoms with van der Waals surface area (Å²) in [6.45, 7) is 3.82. The lowest BCUT2D eigenvalue weighted by Crippen LogP contribution is -2.51. The fourth-order valence-electron chi connectivity index (χ4n) is 1.97. The fraction of sp³-hybridized carbons (Fsp3) is 0.417. The smallest absolute Gasteiger partial charge is 0.318 e. The SMILES string of the molecule is COc1ccc(Br)c([C@H]2C(=O)OC2(C)C)c1. The van der Waals surface area contributed by atoms with Crippen LogP contribution in [0.4, 0.5) is 0 Å². The molecule has 1 saturated heterocycles. The van der Waals surface area contributed by atoms with Crippen molar-refractivity contribution in [2.45, 2.75) is 25.4 Å². The maximum atomic E-state index is 11.5. The Morgan fingerprint density at radius 2 is 2.12 bits per heavy atom. The summed E-state index contributed by atoms with van der Waals surface area (Å²) < 4.78 is 11.2. The van der Waals surface area contributed by atoms with E-state index in [4.69, 9.17) is 9.47 Å². The average Bonchev–Trinajstić information content (AvgIpc) is 2.20. The van der Waals surface area contributed by atoms with Crippen molar-refractivity contribution in [2.24, 2.45) is 0 Å². The van der Waals surface area contributed by atoms with Gasteiger partial charge in [0, 0.05) is 4.47 Å². The quantitative estimate of drug-likeness (QED) is 0.784. The molecule has 0 aliphatic carbocycles. The van der Waals surface area contributed by atoms with Crippen molar-refractivity contribution in [3.8, 4) is 5.75 Å². The molecule has 0 amide bonds. The lowest BCUT2D eigenvalue weighted by Gasteiger charge is -2.43. The minimum absolute atomic E-state index is 0.182. The van der Waals surface area contributed by atoms with Crippen LogP contribution in [0.25, 0.3) is 0 Å². The van der Waals surface area contributed by atoms with Gasteiger partial charge in [0.25, 0.3) is 0 Å². The molecule has 0 spiro atoms. The molecule has 1 aromatic rings. The zero-order valence-electron chi connectivity index (χ0n) is 9.41. The molecule has 1 atom stereocenters. The van der Waals surface area contributed by atoms with Crippen molar-refractivity contribution in [2.75, 3.05) is 7.11 Å². The maximum Gasteiger partial charge on any atom is 0.318 e. The van der Waals surface area contributed by atoms with Crippen molar-refractivity contribution < 1.29 is 14.3 Å². The van der Waals surface area contributed by atoms with Gasteiger partial charge in [-0.1, -0.05) is 15.9 Å². The maximum absolute atomic E-state index is 11.5. The number of cyclic esters (lactones) is 1. The summed E-state index contributed by atoms with van der Waals surface area (Å²) in [5.41, 5.74) is 0.479. The van der Waals surface area contributed by atoms with Gasteiger partial charge in [0.2, 0.25) is 0 Å². The lowest BCUT2D eigenvalue weighted by molar-refractivity contribution is -0.192. The molecule has 0 N–H and O–H groups in total. The monoisotopic (exact) mass is 284 g/mol. The molecule has 0 unspecified atom stereocenters. The van der Waals surface area contributed by atoms with Gasteiger partial charge in [0.05, 0.1) is 7.11 Å². The number of methoxy groups -OCH3 is 1. The predicted octanol–water partition coefficient (Wildman–Crippen LogP) is 2.88. The first-order valence-electron chi connectivity index (χ1n) is 5.02. The van der Waals surface area contributed by atoms with E-state index in [0.717, 1.165) is 15.8 Å². The minimum atomic E-state index is -0.439. The molecule has 1 aromatic carbocycles. The molecular formula is C12H13BrO3. The van der Waals surface area contributed by atoms with Crippen LogP contribution >= 0.6 is 15.9 Å².